The van der Waals surface area contributed by atoms with Crippen LogP contribution in [0.25, 0.3) is 219 Å². The molecule has 0 radical (unpaired) electrons. The van der Waals surface area contributed by atoms with Crippen molar-refractivity contribution in [2.75, 3.05) is 0 Å². The van der Waals surface area contributed by atoms with Crippen molar-refractivity contribution >= 4 is 174 Å². The third-order valence-corrected chi connectivity index (χ3v) is 26.3. The number of para-hydroxylation sites is 12. The van der Waals surface area contributed by atoms with Crippen LogP contribution in [0.5, 0.6) is 0 Å². The van der Waals surface area contributed by atoms with Gasteiger partial charge in [-0.15, -0.1) is 0 Å². The first-order valence-electron chi connectivity index (χ1n) is 42.9. The van der Waals surface area contributed by atoms with Gasteiger partial charge in [0.1, 0.15) is 18.2 Å². The van der Waals surface area contributed by atoms with Gasteiger partial charge in [-0.25, -0.2) is 0 Å². The number of hydrogen-bond donors (Lipinski definition) is 0. The first-order chi connectivity index (χ1) is 62.5. The molecule has 26 aromatic rings. The van der Waals surface area contributed by atoms with Crippen LogP contribution in [0.3, 0.4) is 0 Å². The second-order valence-electron chi connectivity index (χ2n) is 33.1. The molecule has 598 valence electrons. The lowest BCUT2D eigenvalue weighted by molar-refractivity contribution is 1.01. The monoisotopic (exact) mass is 1630 g/mol. The number of rotatable bonds is 6. The minimum atomic E-state index is 0.705. The predicted octanol–water partition coefficient (Wildman–Crippen LogP) is 29.0. The molecule has 0 aliphatic carbocycles. The summed E-state index contributed by atoms with van der Waals surface area (Å²) in [5.41, 5.74) is 31.4. The molecule has 0 spiro atoms. The molecule has 0 atom stereocenters. The highest BCUT2D eigenvalue weighted by atomic mass is 15.0. The Morgan fingerprint density at radius 1 is 0.173 bits per heavy atom. The van der Waals surface area contributed by atoms with E-state index >= 15 is 0 Å². The average Bonchev–Trinajstić information content (AvgIpc) is 1.59. The van der Waals surface area contributed by atoms with Crippen LogP contribution in [0.4, 0.5) is 0 Å². The molecule has 0 unspecified atom stereocenters. The molecule has 0 N–H and O–H groups in total. The third kappa shape index (κ3) is 11.8. The molecule has 0 saturated carbocycles. The van der Waals surface area contributed by atoms with E-state index in [4.69, 9.17) is 0 Å². The van der Waals surface area contributed by atoms with Crippen LogP contribution in [0, 0.1) is 40.9 Å². The second kappa shape index (κ2) is 29.9. The number of nitrogens with zero attached hydrogens (tertiary/aromatic N) is 11. The van der Waals surface area contributed by atoms with E-state index in [1.54, 1.807) is 0 Å². The molecule has 0 aliphatic heterocycles. The summed E-state index contributed by atoms with van der Waals surface area (Å²) >= 11 is 0. The van der Waals surface area contributed by atoms with Gasteiger partial charge >= 0.3 is 0 Å². The fraction of sp³-hybridized carbons (Fsp3) is 0.0431. The standard InChI is InChI=1S/2C32H21N3.C26H17N3.C26H20N2/c1-34-29-17-16-22(19-28(29)27-13-7-9-23(20-33)32(27)34)21-8-6-10-24(18-21)35-30-14-4-2-11-25(30)26-12-3-5-15-31(26)35;1-34-29-16-14-21(19-28(29)26-12-7-8-23(20-33)32(26)34)22-15-17-31-27(18-22)25-11-5-6-13-30(25)35(31)24-9-3-2-4-10-24;1-28-23-14-13-18(15-22(23)21-10-6-7-17(16-27)26(21)28)29-24-11-4-2-8-19(24)20-9-3-5-12-25(20)29;1-17-8-7-11-22-21-15-14-18(16-25(21)27(2)26(17)22)28-23-12-5-3-9-19(23)20-10-4-6-13-24(20)28/h2*2-19H,1H3;2-15H,1H3;3-16H,1-2H3. The number of aromatic nitrogens is 8. The quantitative estimate of drug-likeness (QED) is 0.165. The van der Waals surface area contributed by atoms with Gasteiger partial charge < -0.3 is 36.5 Å². The summed E-state index contributed by atoms with van der Waals surface area (Å²) < 4.78 is 18.1. The molecule has 26 rings (SSSR count). The van der Waals surface area contributed by atoms with Crippen LogP contribution in [-0.4, -0.2) is 36.5 Å². The van der Waals surface area contributed by atoms with E-state index in [-0.39, 0.29) is 0 Å². The van der Waals surface area contributed by atoms with E-state index < -0.39 is 0 Å². The average molecular weight is 1630 g/mol. The summed E-state index contributed by atoms with van der Waals surface area (Å²) in [7, 11) is 8.28. The molecule has 0 amide bonds. The lowest BCUT2D eigenvalue weighted by atomic mass is 10.0. The molecule has 11 heteroatoms. The number of hydrogen-bond acceptors (Lipinski definition) is 3. The smallest absolute Gasteiger partial charge is 0.101 e. The Morgan fingerprint density at radius 3 is 0.843 bits per heavy atom. The summed E-state index contributed by atoms with van der Waals surface area (Å²) in [6.07, 6.45) is 0. The Bertz CT molecular complexity index is 9060. The molecular formula is C116H79N11. The maximum atomic E-state index is 9.62. The molecule has 8 aromatic heterocycles. The summed E-state index contributed by atoms with van der Waals surface area (Å²) in [6, 6.07) is 144. The number of nitriles is 3. The van der Waals surface area contributed by atoms with E-state index in [1.807, 2.05) is 57.5 Å². The van der Waals surface area contributed by atoms with E-state index in [2.05, 4.69) is 421 Å². The van der Waals surface area contributed by atoms with E-state index in [9.17, 15) is 15.8 Å². The highest BCUT2D eigenvalue weighted by molar-refractivity contribution is 6.18. The zero-order chi connectivity index (χ0) is 85.4. The summed E-state index contributed by atoms with van der Waals surface area (Å²) in [5, 5.41) is 48.4. The van der Waals surface area contributed by atoms with Crippen molar-refractivity contribution in [3.8, 4) is 63.2 Å². The SMILES string of the molecule is Cc1cccc2c3ccc(-n4c5ccccc5c5ccccc54)cc3n(C)c12.Cn1c2ccc(-c3ccc4c(c3)c3ccccc3n4-c3ccccc3)cc2c2cccc(C#N)c21.Cn1c2ccc(-c3cccc(-n4c5ccccc5c5ccccc54)c3)cc2c2cccc(C#N)c21.Cn1c2ccc(-n3c4ccccc4c4ccccc43)cc2c2cccc(C#N)c21. The lowest BCUT2D eigenvalue weighted by Crippen LogP contribution is -1.95. The van der Waals surface area contributed by atoms with Crippen LogP contribution < -0.4 is 0 Å². The second-order valence-corrected chi connectivity index (χ2v) is 33.1. The third-order valence-electron chi connectivity index (χ3n) is 26.3. The van der Waals surface area contributed by atoms with Crippen LogP contribution in [0.2, 0.25) is 0 Å². The number of aryl methyl sites for hydroxylation is 5. The summed E-state index contributed by atoms with van der Waals surface area (Å²) in [5.74, 6) is 0. The van der Waals surface area contributed by atoms with Gasteiger partial charge in [0, 0.05) is 154 Å². The van der Waals surface area contributed by atoms with Crippen LogP contribution >= 0.6 is 0 Å². The maximum absolute atomic E-state index is 9.62. The van der Waals surface area contributed by atoms with Gasteiger partial charge in [0.25, 0.3) is 0 Å². The zero-order valence-electron chi connectivity index (χ0n) is 70.4. The molecular weight excluding hydrogens is 1550 g/mol. The van der Waals surface area contributed by atoms with Crippen molar-refractivity contribution in [2.45, 2.75) is 6.92 Å². The Kier molecular flexibility index (Phi) is 17.6. The number of benzene rings is 18. The fourth-order valence-corrected chi connectivity index (χ4v) is 20.7. The van der Waals surface area contributed by atoms with Crippen LogP contribution in [0.1, 0.15) is 22.3 Å². The van der Waals surface area contributed by atoms with Crippen molar-refractivity contribution in [1.29, 1.82) is 15.8 Å². The van der Waals surface area contributed by atoms with Crippen LogP contribution in [0.15, 0.2) is 388 Å². The largest absolute Gasteiger partial charge is 0.343 e. The van der Waals surface area contributed by atoms with Gasteiger partial charge in [-0.05, 0) is 186 Å². The zero-order valence-corrected chi connectivity index (χ0v) is 70.4. The van der Waals surface area contributed by atoms with Gasteiger partial charge in [0.15, 0.2) is 0 Å². The van der Waals surface area contributed by atoms with Gasteiger partial charge in [0.2, 0.25) is 0 Å². The maximum Gasteiger partial charge on any atom is 0.101 e. The van der Waals surface area contributed by atoms with Gasteiger partial charge in [0.05, 0.1) is 88.4 Å². The van der Waals surface area contributed by atoms with Gasteiger partial charge in [-0.1, -0.05) is 237 Å². The van der Waals surface area contributed by atoms with E-state index in [1.165, 1.54) is 153 Å². The fourth-order valence-electron chi connectivity index (χ4n) is 20.7. The molecule has 0 bridgehead atoms. The van der Waals surface area contributed by atoms with E-state index in [0.29, 0.717) is 16.7 Å². The molecule has 0 aliphatic rings. The topological polar surface area (TPSA) is 111 Å². The van der Waals surface area contributed by atoms with Crippen molar-refractivity contribution in [2.24, 2.45) is 28.2 Å². The van der Waals surface area contributed by atoms with E-state index in [0.717, 1.165) is 71.9 Å². The minimum absolute atomic E-state index is 0.705. The molecule has 8 heterocycles. The van der Waals surface area contributed by atoms with Crippen molar-refractivity contribution in [3.05, 3.63) is 411 Å². The Hall–Kier alpha value is -17.2. The lowest BCUT2D eigenvalue weighted by Gasteiger charge is -2.10. The summed E-state index contributed by atoms with van der Waals surface area (Å²) in [4.78, 5) is 0. The summed E-state index contributed by atoms with van der Waals surface area (Å²) in [6.45, 7) is 2.19. The molecule has 0 saturated heterocycles. The predicted molar refractivity (Wildman–Crippen MR) is 529 cm³/mol. The molecule has 18 aromatic carbocycles. The Morgan fingerprint density at radius 2 is 0.433 bits per heavy atom. The highest BCUT2D eigenvalue weighted by Gasteiger charge is 2.23. The van der Waals surface area contributed by atoms with Gasteiger partial charge in [-0.2, -0.15) is 15.8 Å². The first kappa shape index (κ1) is 74.8. The highest BCUT2D eigenvalue weighted by Crippen LogP contribution is 2.44. The Balaban J connectivity index is 0.0000000976. The Labute approximate surface area is 730 Å². The molecule has 0 fully saturated rings. The normalized spacial score (nSPS) is 11.6. The van der Waals surface area contributed by atoms with Crippen molar-refractivity contribution in [1.82, 2.24) is 36.5 Å². The minimum Gasteiger partial charge on any atom is -0.343 e. The van der Waals surface area contributed by atoms with Crippen molar-refractivity contribution in [3.63, 3.8) is 0 Å². The van der Waals surface area contributed by atoms with Gasteiger partial charge in [-0.3, -0.25) is 0 Å². The van der Waals surface area contributed by atoms with Crippen LogP contribution in [-0.2, 0) is 28.2 Å². The number of fused-ring (bicyclic) bond motifs is 24. The first-order valence-corrected chi connectivity index (χ1v) is 42.9. The van der Waals surface area contributed by atoms with Crippen molar-refractivity contribution < 1.29 is 0 Å². The molecule has 127 heavy (non-hydrogen) atoms. The molecule has 11 nitrogen and oxygen atoms in total.